The lowest BCUT2D eigenvalue weighted by molar-refractivity contribution is 0.552. The fourth-order valence-electron chi connectivity index (χ4n) is 2.18. The van der Waals surface area contributed by atoms with Crippen LogP contribution in [-0.2, 0) is 6.42 Å². The monoisotopic (exact) mass is 397 g/mol. The summed E-state index contributed by atoms with van der Waals surface area (Å²) in [6.07, 6.45) is 6.30. The maximum absolute atomic E-state index is 4.54. The van der Waals surface area contributed by atoms with Gasteiger partial charge in [0.25, 0.3) is 0 Å². The van der Waals surface area contributed by atoms with Crippen LogP contribution in [0.1, 0.15) is 25.0 Å². The summed E-state index contributed by atoms with van der Waals surface area (Å²) in [6, 6.07) is 6.45. The van der Waals surface area contributed by atoms with Crippen LogP contribution in [0.25, 0.3) is 0 Å². The van der Waals surface area contributed by atoms with Gasteiger partial charge in [-0.2, -0.15) is 0 Å². The van der Waals surface area contributed by atoms with Gasteiger partial charge >= 0.3 is 0 Å². The summed E-state index contributed by atoms with van der Waals surface area (Å²) in [7, 11) is 2.02. The molecule has 0 saturated heterocycles. The fourth-order valence-corrected chi connectivity index (χ4v) is 2.99. The Labute approximate surface area is 173 Å². The van der Waals surface area contributed by atoms with Crippen molar-refractivity contribution in [3.8, 4) is 0 Å². The van der Waals surface area contributed by atoms with Gasteiger partial charge in [0.05, 0.1) is 24.3 Å². The van der Waals surface area contributed by atoms with E-state index in [9.17, 15) is 0 Å². The number of allylic oxidation sites excluding steroid dienone is 1. The molecule has 0 fully saturated rings. The summed E-state index contributed by atoms with van der Waals surface area (Å²) in [5.74, 6) is 0.975. The third-order valence-electron chi connectivity index (χ3n) is 3.93. The third kappa shape index (κ3) is 9.46. The molecule has 0 aliphatic heterocycles. The first-order valence-corrected chi connectivity index (χ1v) is 10.3. The van der Waals surface area contributed by atoms with E-state index in [0.29, 0.717) is 6.54 Å². The Morgan fingerprint density at radius 1 is 1.29 bits per heavy atom. The molecule has 0 bridgehead atoms. The Hall–Kier alpha value is -2.47. The summed E-state index contributed by atoms with van der Waals surface area (Å²) in [5, 5.41) is 2.03. The van der Waals surface area contributed by atoms with Crippen LogP contribution < -0.4 is 0 Å². The van der Waals surface area contributed by atoms with E-state index in [1.165, 1.54) is 11.1 Å². The highest BCUT2D eigenvalue weighted by Crippen LogP contribution is 2.21. The lowest BCUT2D eigenvalue weighted by atomic mass is 10.1. The first kappa shape index (κ1) is 23.6. The van der Waals surface area contributed by atoms with E-state index in [0.717, 1.165) is 35.7 Å². The quantitative estimate of drug-likeness (QED) is 0.280. The summed E-state index contributed by atoms with van der Waals surface area (Å²) in [4.78, 5) is 18.7. The molecule has 0 N–H and O–H groups in total. The number of nitrogens with zero attached hydrogens (tertiary/aromatic N) is 5. The number of thioether (sulfide) groups is 1. The number of benzene rings is 1. The van der Waals surface area contributed by atoms with Crippen molar-refractivity contribution < 1.29 is 0 Å². The Morgan fingerprint density at radius 3 is 2.71 bits per heavy atom. The van der Waals surface area contributed by atoms with Gasteiger partial charge in [-0.1, -0.05) is 12.1 Å². The smallest absolute Gasteiger partial charge is 0.0909 e. The molecule has 0 saturated carbocycles. The average molecular weight is 398 g/mol. The SMILES string of the molecule is C=N/C=C(/C)C=NC/C(=C/SCCc1ccc(N=CN(C)CC)c(C)c1)N=C. The second-order valence-electron chi connectivity index (χ2n) is 6.35. The number of aryl methyl sites for hydroxylation is 2. The van der Waals surface area contributed by atoms with Crippen molar-refractivity contribution in [2.24, 2.45) is 20.0 Å². The highest BCUT2D eigenvalue weighted by molar-refractivity contribution is 8.02. The molecule has 0 aromatic heterocycles. The number of aliphatic imine (C=N–C) groups is 4. The Morgan fingerprint density at radius 2 is 2.07 bits per heavy atom. The van der Waals surface area contributed by atoms with E-state index in [1.54, 1.807) is 24.2 Å². The molecular formula is C22H31N5S. The van der Waals surface area contributed by atoms with Crippen molar-refractivity contribution in [1.82, 2.24) is 4.90 Å². The molecule has 150 valence electrons. The Balaban J connectivity index is 2.53. The van der Waals surface area contributed by atoms with Gasteiger partial charge in [-0.3, -0.25) is 15.0 Å². The molecule has 28 heavy (non-hydrogen) atoms. The zero-order valence-electron chi connectivity index (χ0n) is 17.4. The molecule has 6 heteroatoms. The molecule has 0 atom stereocenters. The van der Waals surface area contributed by atoms with Crippen LogP contribution in [0, 0.1) is 6.92 Å². The standard InChI is InChI=1S/C22H31N5S/c1-7-27(6)17-26-22-9-8-20(12-19(22)3)10-11-28-16-21(24-5)15-25-14-18(2)13-23-4/h8-9,12-14,16-17H,4-5,7,10-11,15H2,1-3,6H3/b18-13-,21-16-,25-14?,26-17?. The number of rotatable bonds is 12. The summed E-state index contributed by atoms with van der Waals surface area (Å²) in [5.41, 5.74) is 5.34. The number of hydrogen-bond donors (Lipinski definition) is 0. The molecule has 1 rings (SSSR count). The normalized spacial score (nSPS) is 12.7. The van der Waals surface area contributed by atoms with Crippen LogP contribution in [0.4, 0.5) is 5.69 Å². The molecule has 0 amide bonds. The molecule has 0 radical (unpaired) electrons. The topological polar surface area (TPSA) is 52.7 Å². The van der Waals surface area contributed by atoms with E-state index in [4.69, 9.17) is 0 Å². The lowest BCUT2D eigenvalue weighted by Crippen LogP contribution is -2.14. The van der Waals surface area contributed by atoms with Gasteiger partial charge in [0.1, 0.15) is 0 Å². The van der Waals surface area contributed by atoms with Crippen molar-refractivity contribution in [3.63, 3.8) is 0 Å². The second kappa shape index (κ2) is 13.7. The van der Waals surface area contributed by atoms with Crippen molar-refractivity contribution in [1.29, 1.82) is 0 Å². The van der Waals surface area contributed by atoms with Crippen LogP contribution in [-0.4, -0.2) is 56.8 Å². The van der Waals surface area contributed by atoms with Crippen molar-refractivity contribution in [3.05, 3.63) is 52.2 Å². The first-order valence-electron chi connectivity index (χ1n) is 9.23. The maximum Gasteiger partial charge on any atom is 0.0909 e. The van der Waals surface area contributed by atoms with E-state index < -0.39 is 0 Å². The highest BCUT2D eigenvalue weighted by Gasteiger charge is 2.00. The second-order valence-corrected chi connectivity index (χ2v) is 7.33. The molecule has 0 aliphatic carbocycles. The third-order valence-corrected chi connectivity index (χ3v) is 4.81. The minimum Gasteiger partial charge on any atom is -0.366 e. The Kier molecular flexibility index (Phi) is 11.5. The number of hydrogen-bond acceptors (Lipinski definition) is 5. The van der Waals surface area contributed by atoms with Crippen LogP contribution >= 0.6 is 11.8 Å². The zero-order chi connectivity index (χ0) is 20.8. The van der Waals surface area contributed by atoms with E-state index in [-0.39, 0.29) is 0 Å². The van der Waals surface area contributed by atoms with Gasteiger partial charge in [-0.15, -0.1) is 11.8 Å². The van der Waals surface area contributed by atoms with E-state index >= 15 is 0 Å². The summed E-state index contributed by atoms with van der Waals surface area (Å²) in [6.45, 7) is 14.6. The average Bonchev–Trinajstić information content (AvgIpc) is 2.69. The molecular weight excluding hydrogens is 366 g/mol. The van der Waals surface area contributed by atoms with E-state index in [1.807, 2.05) is 25.7 Å². The molecule has 0 aliphatic rings. The molecule has 5 nitrogen and oxygen atoms in total. The lowest BCUT2D eigenvalue weighted by Gasteiger charge is -2.09. The van der Waals surface area contributed by atoms with Crippen LogP contribution in [0.2, 0.25) is 0 Å². The summed E-state index contributed by atoms with van der Waals surface area (Å²) >= 11 is 1.73. The van der Waals surface area contributed by atoms with Gasteiger partial charge in [0, 0.05) is 31.8 Å². The van der Waals surface area contributed by atoms with Crippen LogP contribution in [0.3, 0.4) is 0 Å². The first-order chi connectivity index (χ1) is 13.5. The van der Waals surface area contributed by atoms with Gasteiger partial charge in [-0.25, -0.2) is 4.99 Å². The van der Waals surface area contributed by atoms with E-state index in [2.05, 4.69) is 70.4 Å². The maximum atomic E-state index is 4.54. The van der Waals surface area contributed by atoms with Crippen LogP contribution in [0.5, 0.6) is 0 Å². The highest BCUT2D eigenvalue weighted by atomic mass is 32.2. The largest absolute Gasteiger partial charge is 0.366 e. The molecule has 1 aromatic carbocycles. The summed E-state index contributed by atoms with van der Waals surface area (Å²) < 4.78 is 0. The molecule has 0 spiro atoms. The predicted molar refractivity (Wildman–Crippen MR) is 128 cm³/mol. The van der Waals surface area contributed by atoms with Gasteiger partial charge in [-0.05, 0) is 68.8 Å². The fraction of sp³-hybridized carbons (Fsp3) is 0.364. The van der Waals surface area contributed by atoms with Crippen molar-refractivity contribution in [2.45, 2.75) is 27.2 Å². The van der Waals surface area contributed by atoms with Crippen molar-refractivity contribution in [2.75, 3.05) is 25.9 Å². The molecule has 0 unspecified atom stereocenters. The Bertz CT molecular complexity index is 762. The minimum absolute atomic E-state index is 0.511. The van der Waals surface area contributed by atoms with Gasteiger partial charge in [0.2, 0.25) is 0 Å². The minimum atomic E-state index is 0.511. The van der Waals surface area contributed by atoms with Gasteiger partial charge < -0.3 is 4.90 Å². The van der Waals surface area contributed by atoms with Crippen molar-refractivity contribution >= 4 is 43.4 Å². The van der Waals surface area contributed by atoms with Gasteiger partial charge in [0.15, 0.2) is 0 Å². The predicted octanol–water partition coefficient (Wildman–Crippen LogP) is 5.10. The zero-order valence-corrected chi connectivity index (χ0v) is 18.2. The van der Waals surface area contributed by atoms with Crippen LogP contribution in [0.15, 0.2) is 61.0 Å². The molecule has 1 aromatic rings. The molecule has 0 heterocycles.